The molecule has 0 heterocycles. The Hall–Kier alpha value is -0.650. The summed E-state index contributed by atoms with van der Waals surface area (Å²) in [7, 11) is -3.80. The zero-order valence-corrected chi connectivity index (χ0v) is 10.6. The first kappa shape index (κ1) is 13.4. The maximum absolute atomic E-state index is 13.4. The van der Waals surface area contributed by atoms with Gasteiger partial charge in [-0.3, -0.25) is 0 Å². The summed E-state index contributed by atoms with van der Waals surface area (Å²) < 4.78 is 39.2. The topological polar surface area (TPSA) is 46.2 Å². The molecule has 0 aliphatic rings. The van der Waals surface area contributed by atoms with Crippen molar-refractivity contribution in [1.29, 1.82) is 0 Å². The van der Waals surface area contributed by atoms with Crippen molar-refractivity contribution in [2.45, 2.75) is 31.2 Å². The van der Waals surface area contributed by atoms with Crippen LogP contribution in [0.25, 0.3) is 0 Å². The van der Waals surface area contributed by atoms with E-state index in [1.807, 2.05) is 6.92 Å². The van der Waals surface area contributed by atoms with Gasteiger partial charge in [-0.05, 0) is 31.5 Å². The third-order valence-electron chi connectivity index (χ3n) is 2.15. The molecule has 0 unspecified atom stereocenters. The molecule has 0 saturated heterocycles. The molecule has 0 saturated carbocycles. The van der Waals surface area contributed by atoms with Gasteiger partial charge in [0.25, 0.3) is 0 Å². The van der Waals surface area contributed by atoms with Crippen LogP contribution in [0.4, 0.5) is 4.39 Å². The van der Waals surface area contributed by atoms with Crippen LogP contribution in [0.2, 0.25) is 5.02 Å². The minimum atomic E-state index is -3.80. The molecule has 16 heavy (non-hydrogen) atoms. The second-order valence-electron chi connectivity index (χ2n) is 3.51. The van der Waals surface area contributed by atoms with E-state index in [0.717, 1.165) is 12.1 Å². The lowest BCUT2D eigenvalue weighted by molar-refractivity contribution is 0.539. The molecule has 0 bridgehead atoms. The summed E-state index contributed by atoms with van der Waals surface area (Å²) in [6.07, 6.45) is 0.633. The van der Waals surface area contributed by atoms with E-state index in [-0.39, 0.29) is 16.0 Å². The van der Waals surface area contributed by atoms with Crippen molar-refractivity contribution >= 4 is 21.6 Å². The van der Waals surface area contributed by atoms with E-state index >= 15 is 0 Å². The normalized spacial score (nSPS) is 13.8. The maximum Gasteiger partial charge on any atom is 0.243 e. The third-order valence-corrected chi connectivity index (χ3v) is 4.01. The highest BCUT2D eigenvalue weighted by Crippen LogP contribution is 2.19. The number of sulfonamides is 1. The molecule has 0 aliphatic heterocycles. The lowest BCUT2D eigenvalue weighted by atomic mass is 10.3. The molecule has 1 aromatic rings. The van der Waals surface area contributed by atoms with E-state index in [9.17, 15) is 12.8 Å². The second-order valence-corrected chi connectivity index (χ2v) is 5.62. The largest absolute Gasteiger partial charge is 0.243 e. The lowest BCUT2D eigenvalue weighted by Gasteiger charge is -2.12. The van der Waals surface area contributed by atoms with Crippen LogP contribution < -0.4 is 4.72 Å². The van der Waals surface area contributed by atoms with Gasteiger partial charge in [0.1, 0.15) is 10.7 Å². The molecule has 1 N–H and O–H groups in total. The summed E-state index contributed by atoms with van der Waals surface area (Å²) in [4.78, 5) is -0.378. The Kier molecular flexibility index (Phi) is 4.29. The Labute approximate surface area is 99.7 Å². The molecule has 1 atom stereocenters. The summed E-state index contributed by atoms with van der Waals surface area (Å²) >= 11 is 5.54. The van der Waals surface area contributed by atoms with Gasteiger partial charge in [-0.25, -0.2) is 17.5 Å². The number of hydrogen-bond donors (Lipinski definition) is 1. The van der Waals surface area contributed by atoms with E-state index < -0.39 is 15.8 Å². The second kappa shape index (κ2) is 5.12. The van der Waals surface area contributed by atoms with E-state index in [0.29, 0.717) is 6.42 Å². The summed E-state index contributed by atoms with van der Waals surface area (Å²) in [5.41, 5.74) is 0. The fourth-order valence-corrected chi connectivity index (χ4v) is 2.65. The first-order chi connectivity index (χ1) is 7.36. The molecule has 0 spiro atoms. The Balaban J connectivity index is 3.08. The number of benzene rings is 1. The summed E-state index contributed by atoms with van der Waals surface area (Å²) in [5.74, 6) is -0.844. The molecule has 90 valence electrons. The maximum atomic E-state index is 13.4. The van der Waals surface area contributed by atoms with Crippen molar-refractivity contribution in [2.24, 2.45) is 0 Å². The highest BCUT2D eigenvalue weighted by molar-refractivity contribution is 7.89. The van der Waals surface area contributed by atoms with Crippen LogP contribution in [-0.4, -0.2) is 14.5 Å². The van der Waals surface area contributed by atoms with Gasteiger partial charge in [0.05, 0.1) is 0 Å². The van der Waals surface area contributed by atoms with E-state index in [4.69, 9.17) is 11.6 Å². The smallest absolute Gasteiger partial charge is 0.208 e. The Morgan fingerprint density at radius 2 is 2.12 bits per heavy atom. The quantitative estimate of drug-likeness (QED) is 0.909. The molecule has 0 fully saturated rings. The van der Waals surface area contributed by atoms with Gasteiger partial charge >= 0.3 is 0 Å². The average Bonchev–Trinajstić information content (AvgIpc) is 2.16. The molecule has 0 aliphatic carbocycles. The third kappa shape index (κ3) is 3.17. The first-order valence-electron chi connectivity index (χ1n) is 4.84. The van der Waals surface area contributed by atoms with Gasteiger partial charge in [0, 0.05) is 11.1 Å². The van der Waals surface area contributed by atoms with Crippen molar-refractivity contribution in [3.05, 3.63) is 29.0 Å². The first-order valence-corrected chi connectivity index (χ1v) is 6.70. The van der Waals surface area contributed by atoms with Gasteiger partial charge < -0.3 is 0 Å². The monoisotopic (exact) mass is 265 g/mol. The van der Waals surface area contributed by atoms with Crippen LogP contribution >= 0.6 is 11.6 Å². The van der Waals surface area contributed by atoms with Gasteiger partial charge in [-0.15, -0.1) is 0 Å². The van der Waals surface area contributed by atoms with Crippen molar-refractivity contribution in [3.8, 4) is 0 Å². The zero-order valence-electron chi connectivity index (χ0n) is 9.00. The van der Waals surface area contributed by atoms with Crippen molar-refractivity contribution < 1.29 is 12.8 Å². The van der Waals surface area contributed by atoms with E-state index in [1.54, 1.807) is 6.92 Å². The Bertz CT molecular complexity index is 476. The summed E-state index contributed by atoms with van der Waals surface area (Å²) in [6.45, 7) is 3.55. The number of nitrogens with one attached hydrogen (secondary N) is 1. The molecule has 0 aromatic heterocycles. The van der Waals surface area contributed by atoms with Crippen LogP contribution in [0.1, 0.15) is 20.3 Å². The minimum Gasteiger partial charge on any atom is -0.208 e. The minimum absolute atomic E-state index is 0.167. The predicted molar refractivity (Wildman–Crippen MR) is 61.5 cm³/mol. The molecule has 1 aromatic carbocycles. The van der Waals surface area contributed by atoms with Gasteiger partial charge in [-0.1, -0.05) is 18.5 Å². The Morgan fingerprint density at radius 1 is 1.50 bits per heavy atom. The average molecular weight is 266 g/mol. The number of hydrogen-bond acceptors (Lipinski definition) is 2. The van der Waals surface area contributed by atoms with Crippen LogP contribution in [0.3, 0.4) is 0 Å². The lowest BCUT2D eigenvalue weighted by Crippen LogP contribution is -2.32. The molecule has 1 rings (SSSR count). The molecular weight excluding hydrogens is 253 g/mol. The fourth-order valence-electron chi connectivity index (χ4n) is 1.10. The number of rotatable bonds is 4. The number of halogens is 2. The van der Waals surface area contributed by atoms with Crippen LogP contribution in [-0.2, 0) is 10.0 Å². The zero-order chi connectivity index (χ0) is 12.3. The molecule has 3 nitrogen and oxygen atoms in total. The fraction of sp³-hybridized carbons (Fsp3) is 0.400. The van der Waals surface area contributed by atoms with Crippen LogP contribution in [0.15, 0.2) is 23.1 Å². The predicted octanol–water partition coefficient (Wildman–Crippen LogP) is 2.56. The SMILES string of the molecule is CC[C@H](C)NS(=O)(=O)c1ccc(Cl)cc1F. The molecular formula is C10H13ClFNO2S. The van der Waals surface area contributed by atoms with E-state index in [1.165, 1.54) is 6.07 Å². The highest BCUT2D eigenvalue weighted by atomic mass is 35.5. The highest BCUT2D eigenvalue weighted by Gasteiger charge is 2.20. The van der Waals surface area contributed by atoms with Crippen LogP contribution in [0, 0.1) is 5.82 Å². The molecule has 0 amide bonds. The van der Waals surface area contributed by atoms with Crippen LogP contribution in [0.5, 0.6) is 0 Å². The summed E-state index contributed by atoms with van der Waals surface area (Å²) in [6, 6.07) is 3.24. The van der Waals surface area contributed by atoms with Gasteiger partial charge in [-0.2, -0.15) is 0 Å². The summed E-state index contributed by atoms with van der Waals surface area (Å²) in [5, 5.41) is 0.167. The van der Waals surface area contributed by atoms with E-state index in [2.05, 4.69) is 4.72 Å². The van der Waals surface area contributed by atoms with Gasteiger partial charge in [0.15, 0.2) is 0 Å². The van der Waals surface area contributed by atoms with Gasteiger partial charge in [0.2, 0.25) is 10.0 Å². The Morgan fingerprint density at radius 3 is 2.62 bits per heavy atom. The standard InChI is InChI=1S/C10H13ClFNO2S/c1-3-7(2)13-16(14,15)10-5-4-8(11)6-9(10)12/h4-7,13H,3H2,1-2H3/t7-/m0/s1. The molecule has 0 radical (unpaired) electrons. The van der Waals surface area contributed by atoms with Crippen molar-refractivity contribution in [2.75, 3.05) is 0 Å². The van der Waals surface area contributed by atoms with Crippen molar-refractivity contribution in [1.82, 2.24) is 4.72 Å². The molecule has 6 heteroatoms. The van der Waals surface area contributed by atoms with Crippen molar-refractivity contribution in [3.63, 3.8) is 0 Å².